The second kappa shape index (κ2) is 4.91. The molecular weight excluding hydrogens is 188 g/mol. The molecule has 1 aromatic heterocycles. The highest BCUT2D eigenvalue weighted by Gasteiger charge is 2.20. The third-order valence-electron chi connectivity index (χ3n) is 2.54. The van der Waals surface area contributed by atoms with Gasteiger partial charge >= 0.3 is 0 Å². The fraction of sp³-hybridized carbons (Fsp3) is 0.500. The molecule has 1 rings (SSSR count). The summed E-state index contributed by atoms with van der Waals surface area (Å²) in [5.41, 5.74) is 0.925. The Balaban J connectivity index is 2.77. The van der Waals surface area contributed by atoms with Gasteiger partial charge in [-0.05, 0) is 19.1 Å². The molecule has 82 valence electrons. The summed E-state index contributed by atoms with van der Waals surface area (Å²) in [5.74, 6) is 0.175. The highest BCUT2D eigenvalue weighted by atomic mass is 16.2. The Labute approximate surface area is 91.1 Å². The monoisotopic (exact) mass is 206 g/mol. The molecule has 0 aliphatic rings. The molecule has 3 heteroatoms. The van der Waals surface area contributed by atoms with Gasteiger partial charge in [0.1, 0.15) is 0 Å². The van der Waals surface area contributed by atoms with Gasteiger partial charge in [0, 0.05) is 19.2 Å². The first kappa shape index (κ1) is 11.7. The van der Waals surface area contributed by atoms with Crippen molar-refractivity contribution >= 4 is 5.91 Å². The Hall–Kier alpha value is -1.38. The average Bonchev–Trinajstić information content (AvgIpc) is 2.27. The van der Waals surface area contributed by atoms with E-state index in [4.69, 9.17) is 0 Å². The van der Waals surface area contributed by atoms with Crippen LogP contribution in [0.4, 0.5) is 0 Å². The number of nitrogens with zero attached hydrogens (tertiary/aromatic N) is 2. The minimum Gasteiger partial charge on any atom is -0.337 e. The molecule has 0 fully saturated rings. The third-order valence-corrected chi connectivity index (χ3v) is 2.54. The minimum absolute atomic E-state index is 0.0288. The van der Waals surface area contributed by atoms with Crippen LogP contribution in [0, 0.1) is 5.92 Å². The van der Waals surface area contributed by atoms with Gasteiger partial charge in [-0.3, -0.25) is 9.78 Å². The Morgan fingerprint density at radius 3 is 2.47 bits per heavy atom. The van der Waals surface area contributed by atoms with E-state index in [1.165, 1.54) is 0 Å². The molecule has 0 aliphatic carbocycles. The lowest BCUT2D eigenvalue weighted by atomic mass is 10.1. The average molecular weight is 206 g/mol. The van der Waals surface area contributed by atoms with Gasteiger partial charge in [0.15, 0.2) is 0 Å². The second-order valence-corrected chi connectivity index (χ2v) is 4.03. The quantitative estimate of drug-likeness (QED) is 0.760. The van der Waals surface area contributed by atoms with Gasteiger partial charge in [0.2, 0.25) is 5.91 Å². The molecule has 1 heterocycles. The zero-order chi connectivity index (χ0) is 11.4. The van der Waals surface area contributed by atoms with E-state index in [2.05, 4.69) is 4.98 Å². The van der Waals surface area contributed by atoms with E-state index in [1.807, 2.05) is 46.0 Å². The van der Waals surface area contributed by atoms with Crippen molar-refractivity contribution < 1.29 is 4.79 Å². The van der Waals surface area contributed by atoms with E-state index in [0.717, 1.165) is 5.69 Å². The van der Waals surface area contributed by atoms with Crippen LogP contribution in [0.3, 0.4) is 0 Å². The van der Waals surface area contributed by atoms with Crippen LogP contribution in [0.15, 0.2) is 24.4 Å². The van der Waals surface area contributed by atoms with Crippen molar-refractivity contribution in [2.45, 2.75) is 26.8 Å². The maximum absolute atomic E-state index is 11.8. The topological polar surface area (TPSA) is 33.2 Å². The van der Waals surface area contributed by atoms with Gasteiger partial charge in [-0.25, -0.2) is 0 Å². The van der Waals surface area contributed by atoms with E-state index < -0.39 is 0 Å². The Bertz CT molecular complexity index is 322. The zero-order valence-electron chi connectivity index (χ0n) is 9.77. The van der Waals surface area contributed by atoms with Gasteiger partial charge in [-0.15, -0.1) is 0 Å². The van der Waals surface area contributed by atoms with Gasteiger partial charge in [-0.1, -0.05) is 19.9 Å². The first-order valence-corrected chi connectivity index (χ1v) is 5.21. The van der Waals surface area contributed by atoms with Crippen molar-refractivity contribution in [1.29, 1.82) is 0 Å². The summed E-state index contributed by atoms with van der Waals surface area (Å²) in [5, 5.41) is 0. The van der Waals surface area contributed by atoms with E-state index >= 15 is 0 Å². The summed E-state index contributed by atoms with van der Waals surface area (Å²) in [6.07, 6.45) is 1.75. The number of carbonyl (C=O) groups is 1. The lowest BCUT2D eigenvalue weighted by Crippen LogP contribution is -2.33. The predicted molar refractivity (Wildman–Crippen MR) is 60.3 cm³/mol. The SMILES string of the molecule is CC(C)C(=O)N(C)C(C)c1ccccn1. The van der Waals surface area contributed by atoms with Crippen LogP contribution in [0.5, 0.6) is 0 Å². The molecule has 1 amide bonds. The third kappa shape index (κ3) is 2.78. The summed E-state index contributed by atoms with van der Waals surface area (Å²) < 4.78 is 0. The van der Waals surface area contributed by atoms with Crippen molar-refractivity contribution in [2.24, 2.45) is 5.92 Å². The molecule has 0 radical (unpaired) electrons. The summed E-state index contributed by atoms with van der Waals surface area (Å²) in [7, 11) is 1.82. The standard InChI is InChI=1S/C12H18N2O/c1-9(2)12(15)14(4)10(3)11-7-5-6-8-13-11/h5-10H,1-4H3. The number of carbonyl (C=O) groups excluding carboxylic acids is 1. The second-order valence-electron chi connectivity index (χ2n) is 4.03. The molecule has 3 nitrogen and oxygen atoms in total. The van der Waals surface area contributed by atoms with Crippen LogP contribution >= 0.6 is 0 Å². The smallest absolute Gasteiger partial charge is 0.225 e. The Morgan fingerprint density at radius 1 is 1.33 bits per heavy atom. The molecule has 0 aliphatic heterocycles. The fourth-order valence-corrected chi connectivity index (χ4v) is 1.42. The molecular formula is C12H18N2O. The highest BCUT2D eigenvalue weighted by Crippen LogP contribution is 2.17. The normalized spacial score (nSPS) is 12.6. The molecule has 0 bridgehead atoms. The molecule has 15 heavy (non-hydrogen) atoms. The maximum Gasteiger partial charge on any atom is 0.225 e. The van der Waals surface area contributed by atoms with E-state index in [0.29, 0.717) is 0 Å². The summed E-state index contributed by atoms with van der Waals surface area (Å²) >= 11 is 0. The van der Waals surface area contributed by atoms with Gasteiger partial charge in [-0.2, -0.15) is 0 Å². The molecule has 1 aromatic rings. The minimum atomic E-state index is 0.0288. The predicted octanol–water partition coefficient (Wildman–Crippen LogP) is 2.26. The van der Waals surface area contributed by atoms with E-state index in [-0.39, 0.29) is 17.9 Å². The van der Waals surface area contributed by atoms with Crippen molar-refractivity contribution in [3.05, 3.63) is 30.1 Å². The molecule has 0 saturated heterocycles. The Morgan fingerprint density at radius 2 is 2.00 bits per heavy atom. The fourth-order valence-electron chi connectivity index (χ4n) is 1.42. The van der Waals surface area contributed by atoms with Crippen molar-refractivity contribution in [3.8, 4) is 0 Å². The summed E-state index contributed by atoms with van der Waals surface area (Å²) in [4.78, 5) is 17.7. The number of aromatic nitrogens is 1. The molecule has 0 saturated carbocycles. The number of amides is 1. The van der Waals surface area contributed by atoms with Gasteiger partial charge in [0.05, 0.1) is 11.7 Å². The largest absolute Gasteiger partial charge is 0.337 e. The number of hydrogen-bond donors (Lipinski definition) is 0. The van der Waals surface area contributed by atoms with E-state index in [1.54, 1.807) is 11.1 Å². The number of pyridine rings is 1. The summed E-state index contributed by atoms with van der Waals surface area (Å²) in [6, 6.07) is 5.78. The zero-order valence-corrected chi connectivity index (χ0v) is 9.77. The Kier molecular flexibility index (Phi) is 3.83. The van der Waals surface area contributed by atoms with Crippen molar-refractivity contribution in [1.82, 2.24) is 9.88 Å². The van der Waals surface area contributed by atoms with Crippen LogP contribution < -0.4 is 0 Å². The lowest BCUT2D eigenvalue weighted by molar-refractivity contribution is -0.135. The van der Waals surface area contributed by atoms with E-state index in [9.17, 15) is 4.79 Å². The molecule has 1 atom stereocenters. The van der Waals surface area contributed by atoms with Crippen LogP contribution in [0.2, 0.25) is 0 Å². The molecule has 0 N–H and O–H groups in total. The van der Waals surface area contributed by atoms with Crippen LogP contribution in [0.1, 0.15) is 32.5 Å². The van der Waals surface area contributed by atoms with Crippen molar-refractivity contribution in [2.75, 3.05) is 7.05 Å². The lowest BCUT2D eigenvalue weighted by Gasteiger charge is -2.26. The molecule has 0 spiro atoms. The van der Waals surface area contributed by atoms with Crippen LogP contribution in [-0.2, 0) is 4.79 Å². The number of hydrogen-bond acceptors (Lipinski definition) is 2. The highest BCUT2D eigenvalue weighted by molar-refractivity contribution is 5.78. The first-order valence-electron chi connectivity index (χ1n) is 5.21. The maximum atomic E-state index is 11.8. The summed E-state index contributed by atoms with van der Waals surface area (Å²) in [6.45, 7) is 5.80. The van der Waals surface area contributed by atoms with Crippen molar-refractivity contribution in [3.63, 3.8) is 0 Å². The van der Waals surface area contributed by atoms with Gasteiger partial charge < -0.3 is 4.90 Å². The first-order chi connectivity index (χ1) is 7.04. The van der Waals surface area contributed by atoms with Crippen LogP contribution in [-0.4, -0.2) is 22.8 Å². The van der Waals surface area contributed by atoms with Crippen LogP contribution in [0.25, 0.3) is 0 Å². The molecule has 1 unspecified atom stereocenters. The number of rotatable bonds is 3. The molecule has 0 aromatic carbocycles. The van der Waals surface area contributed by atoms with Gasteiger partial charge in [0.25, 0.3) is 0 Å².